The first kappa shape index (κ1) is 18.8. The molecule has 0 fully saturated rings. The standard InChI is InChI=1S/C19H24BrNO3/c1-3-9-24-19-11-16(20)15(10-18(19)23-2)12-21-13-17(22)14-7-5-4-6-8-14/h4-8,10-11,17,21-22H,3,9,12-13H2,1-2H3. The molecule has 0 aromatic heterocycles. The minimum absolute atomic E-state index is 0.479. The van der Waals surface area contributed by atoms with Crippen LogP contribution in [0.15, 0.2) is 46.9 Å². The molecule has 0 aliphatic carbocycles. The summed E-state index contributed by atoms with van der Waals surface area (Å²) < 4.78 is 12.1. The van der Waals surface area contributed by atoms with E-state index in [1.54, 1.807) is 7.11 Å². The molecule has 0 bridgehead atoms. The number of aliphatic hydroxyl groups is 1. The van der Waals surface area contributed by atoms with Crippen molar-refractivity contribution in [2.24, 2.45) is 0 Å². The molecule has 2 rings (SSSR count). The zero-order chi connectivity index (χ0) is 17.4. The van der Waals surface area contributed by atoms with Gasteiger partial charge in [0.15, 0.2) is 11.5 Å². The average Bonchev–Trinajstić information content (AvgIpc) is 2.62. The van der Waals surface area contributed by atoms with Gasteiger partial charge in [-0.1, -0.05) is 53.2 Å². The molecule has 2 N–H and O–H groups in total. The third kappa shape index (κ3) is 5.23. The first-order valence-corrected chi connectivity index (χ1v) is 8.88. The van der Waals surface area contributed by atoms with Crippen molar-refractivity contribution in [1.82, 2.24) is 5.32 Å². The van der Waals surface area contributed by atoms with Gasteiger partial charge in [-0.05, 0) is 29.7 Å². The first-order chi connectivity index (χ1) is 11.7. The van der Waals surface area contributed by atoms with Gasteiger partial charge in [0.25, 0.3) is 0 Å². The van der Waals surface area contributed by atoms with Crippen LogP contribution in [0.25, 0.3) is 0 Å². The van der Waals surface area contributed by atoms with E-state index in [1.165, 1.54) is 0 Å². The maximum atomic E-state index is 10.2. The molecule has 1 atom stereocenters. The molecule has 130 valence electrons. The van der Waals surface area contributed by atoms with Crippen LogP contribution in [0.5, 0.6) is 11.5 Å². The highest BCUT2D eigenvalue weighted by molar-refractivity contribution is 9.10. The van der Waals surface area contributed by atoms with Crippen LogP contribution in [0.2, 0.25) is 0 Å². The Kier molecular flexibility index (Phi) is 7.56. The summed E-state index contributed by atoms with van der Waals surface area (Å²) in [5.74, 6) is 1.45. The van der Waals surface area contributed by atoms with Crippen LogP contribution < -0.4 is 14.8 Å². The van der Waals surface area contributed by atoms with Crippen LogP contribution in [0.4, 0.5) is 0 Å². The maximum Gasteiger partial charge on any atom is 0.162 e. The van der Waals surface area contributed by atoms with Gasteiger partial charge < -0.3 is 19.9 Å². The summed E-state index contributed by atoms with van der Waals surface area (Å²) in [6.07, 6.45) is 0.417. The highest BCUT2D eigenvalue weighted by Gasteiger charge is 2.11. The number of ether oxygens (including phenoxy) is 2. The van der Waals surface area contributed by atoms with Crippen LogP contribution in [0, 0.1) is 0 Å². The number of aliphatic hydroxyl groups excluding tert-OH is 1. The monoisotopic (exact) mass is 393 g/mol. The van der Waals surface area contributed by atoms with Gasteiger partial charge in [0, 0.05) is 17.6 Å². The van der Waals surface area contributed by atoms with E-state index in [-0.39, 0.29) is 0 Å². The van der Waals surface area contributed by atoms with Gasteiger partial charge in [-0.15, -0.1) is 0 Å². The Labute approximate surface area is 151 Å². The Balaban J connectivity index is 1.97. The van der Waals surface area contributed by atoms with E-state index in [0.29, 0.717) is 25.4 Å². The zero-order valence-corrected chi connectivity index (χ0v) is 15.7. The lowest BCUT2D eigenvalue weighted by molar-refractivity contribution is 0.174. The minimum atomic E-state index is -0.529. The molecule has 0 saturated heterocycles. The predicted molar refractivity (Wildman–Crippen MR) is 99.6 cm³/mol. The van der Waals surface area contributed by atoms with E-state index in [4.69, 9.17) is 9.47 Å². The summed E-state index contributed by atoms with van der Waals surface area (Å²) in [6.45, 7) is 3.82. The Morgan fingerprint density at radius 2 is 1.92 bits per heavy atom. The molecule has 0 saturated carbocycles. The number of methoxy groups -OCH3 is 1. The summed E-state index contributed by atoms with van der Waals surface area (Å²) in [5.41, 5.74) is 1.96. The van der Waals surface area contributed by atoms with Crippen molar-refractivity contribution in [2.75, 3.05) is 20.3 Å². The van der Waals surface area contributed by atoms with Gasteiger partial charge in [-0.2, -0.15) is 0 Å². The van der Waals surface area contributed by atoms with Crippen LogP contribution >= 0.6 is 15.9 Å². The topological polar surface area (TPSA) is 50.7 Å². The van der Waals surface area contributed by atoms with E-state index < -0.39 is 6.10 Å². The highest BCUT2D eigenvalue weighted by Crippen LogP contribution is 2.33. The Bertz CT molecular complexity index is 634. The molecule has 24 heavy (non-hydrogen) atoms. The van der Waals surface area contributed by atoms with Gasteiger partial charge in [0.2, 0.25) is 0 Å². The molecule has 4 nitrogen and oxygen atoms in total. The summed E-state index contributed by atoms with van der Waals surface area (Å²) in [4.78, 5) is 0. The predicted octanol–water partition coefficient (Wildman–Crippen LogP) is 4.07. The van der Waals surface area contributed by atoms with Crippen LogP contribution in [-0.2, 0) is 6.54 Å². The number of benzene rings is 2. The largest absolute Gasteiger partial charge is 0.493 e. The molecular formula is C19H24BrNO3. The average molecular weight is 394 g/mol. The van der Waals surface area contributed by atoms with Gasteiger partial charge in [-0.25, -0.2) is 0 Å². The van der Waals surface area contributed by atoms with Crippen molar-refractivity contribution >= 4 is 15.9 Å². The van der Waals surface area contributed by atoms with Crippen molar-refractivity contribution in [3.63, 3.8) is 0 Å². The summed E-state index contributed by atoms with van der Waals surface area (Å²) >= 11 is 3.58. The zero-order valence-electron chi connectivity index (χ0n) is 14.1. The summed E-state index contributed by atoms with van der Waals surface area (Å²) in [6, 6.07) is 13.5. The van der Waals surface area contributed by atoms with E-state index >= 15 is 0 Å². The quantitative estimate of drug-likeness (QED) is 0.673. The van der Waals surface area contributed by atoms with Gasteiger partial charge in [-0.3, -0.25) is 0 Å². The van der Waals surface area contributed by atoms with Gasteiger partial charge >= 0.3 is 0 Å². The number of hydrogen-bond donors (Lipinski definition) is 2. The second-order valence-electron chi connectivity index (χ2n) is 5.50. The molecular weight excluding hydrogens is 370 g/mol. The van der Waals surface area contributed by atoms with Gasteiger partial charge in [0.05, 0.1) is 19.8 Å². The minimum Gasteiger partial charge on any atom is -0.493 e. The van der Waals surface area contributed by atoms with E-state index in [1.807, 2.05) is 42.5 Å². The Morgan fingerprint density at radius 1 is 1.17 bits per heavy atom. The molecule has 0 amide bonds. The van der Waals surface area contributed by atoms with Crippen LogP contribution in [0.1, 0.15) is 30.6 Å². The van der Waals surface area contributed by atoms with Crippen LogP contribution in [0.3, 0.4) is 0 Å². The number of nitrogens with one attached hydrogen (secondary N) is 1. The second kappa shape index (κ2) is 9.67. The molecule has 0 aliphatic heterocycles. The van der Waals surface area contributed by atoms with Crippen molar-refractivity contribution in [1.29, 1.82) is 0 Å². The molecule has 0 radical (unpaired) electrons. The van der Waals surface area contributed by atoms with Gasteiger partial charge in [0.1, 0.15) is 0 Å². The highest BCUT2D eigenvalue weighted by atomic mass is 79.9. The van der Waals surface area contributed by atoms with Crippen molar-refractivity contribution < 1.29 is 14.6 Å². The molecule has 0 aliphatic rings. The van der Waals surface area contributed by atoms with E-state index in [0.717, 1.165) is 27.8 Å². The fourth-order valence-corrected chi connectivity index (χ4v) is 2.80. The lowest BCUT2D eigenvalue weighted by Crippen LogP contribution is -2.21. The van der Waals surface area contributed by atoms with E-state index in [2.05, 4.69) is 28.2 Å². The molecule has 2 aromatic rings. The third-order valence-corrected chi connectivity index (χ3v) is 4.37. The van der Waals surface area contributed by atoms with Crippen molar-refractivity contribution in [2.45, 2.75) is 26.0 Å². The Hall–Kier alpha value is -1.56. The molecule has 2 aromatic carbocycles. The molecule has 1 unspecified atom stereocenters. The lowest BCUT2D eigenvalue weighted by atomic mass is 10.1. The summed E-state index contributed by atoms with van der Waals surface area (Å²) in [7, 11) is 1.64. The SMILES string of the molecule is CCCOc1cc(Br)c(CNCC(O)c2ccccc2)cc1OC. The Morgan fingerprint density at radius 3 is 2.58 bits per heavy atom. The number of rotatable bonds is 9. The molecule has 0 heterocycles. The maximum absolute atomic E-state index is 10.2. The molecule has 5 heteroatoms. The lowest BCUT2D eigenvalue weighted by Gasteiger charge is -2.15. The first-order valence-electron chi connectivity index (χ1n) is 8.08. The second-order valence-corrected chi connectivity index (χ2v) is 6.35. The normalized spacial score (nSPS) is 12.0. The third-order valence-electron chi connectivity index (χ3n) is 3.63. The molecule has 0 spiro atoms. The van der Waals surface area contributed by atoms with Crippen molar-refractivity contribution in [3.05, 3.63) is 58.1 Å². The summed E-state index contributed by atoms with van der Waals surface area (Å²) in [5, 5.41) is 13.5. The van der Waals surface area contributed by atoms with Crippen molar-refractivity contribution in [3.8, 4) is 11.5 Å². The smallest absolute Gasteiger partial charge is 0.162 e. The fourth-order valence-electron chi connectivity index (χ4n) is 2.33. The number of hydrogen-bond acceptors (Lipinski definition) is 4. The number of halogens is 1. The fraction of sp³-hybridized carbons (Fsp3) is 0.368. The van der Waals surface area contributed by atoms with Crippen LogP contribution in [-0.4, -0.2) is 25.4 Å². The van der Waals surface area contributed by atoms with E-state index in [9.17, 15) is 5.11 Å².